The number of aromatic nitrogens is 3. The van der Waals surface area contributed by atoms with E-state index in [-0.39, 0.29) is 35.0 Å². The summed E-state index contributed by atoms with van der Waals surface area (Å²) in [6.07, 6.45) is 0.400. The summed E-state index contributed by atoms with van der Waals surface area (Å²) < 4.78 is 1.24. The van der Waals surface area contributed by atoms with Crippen LogP contribution in [0.3, 0.4) is 0 Å². The monoisotopic (exact) mass is 422 g/mol. The first-order valence-corrected chi connectivity index (χ1v) is 10.3. The van der Waals surface area contributed by atoms with Crippen molar-refractivity contribution in [2.45, 2.75) is 38.7 Å². The molecule has 0 aliphatic carbocycles. The van der Waals surface area contributed by atoms with Crippen LogP contribution < -0.4 is 11.2 Å². The van der Waals surface area contributed by atoms with Crippen LogP contribution in [0.1, 0.15) is 53.4 Å². The van der Waals surface area contributed by atoms with Gasteiger partial charge in [0, 0.05) is 19.3 Å². The maximum atomic E-state index is 13.5. The number of amides is 1. The topological polar surface area (TPSA) is 108 Å². The van der Waals surface area contributed by atoms with Crippen LogP contribution in [0.5, 0.6) is 0 Å². The molecule has 2 N–H and O–H groups in total. The second-order valence-corrected chi connectivity index (χ2v) is 8.64. The lowest BCUT2D eigenvalue weighted by Crippen LogP contribution is -2.36. The summed E-state index contributed by atoms with van der Waals surface area (Å²) >= 11 is 0. The molecule has 1 aromatic carbocycles. The Labute approximate surface area is 179 Å². The van der Waals surface area contributed by atoms with Crippen molar-refractivity contribution in [3.05, 3.63) is 73.6 Å². The third-order valence-corrected chi connectivity index (χ3v) is 6.04. The molecule has 1 aliphatic rings. The van der Waals surface area contributed by atoms with E-state index in [2.05, 4.69) is 9.97 Å². The number of pyridine rings is 1. The van der Waals surface area contributed by atoms with Gasteiger partial charge in [-0.15, -0.1) is 0 Å². The number of β-amino-alcohol motifs (C(OH)–C–C–N with tert-alkyl or cyclic N) is 1. The molecule has 1 atom stereocenters. The number of hydrogen-bond donors (Lipinski definition) is 2. The van der Waals surface area contributed by atoms with Crippen molar-refractivity contribution in [1.82, 2.24) is 19.4 Å². The van der Waals surface area contributed by atoms with Gasteiger partial charge >= 0.3 is 5.69 Å². The van der Waals surface area contributed by atoms with Gasteiger partial charge in [0.1, 0.15) is 11.2 Å². The first-order chi connectivity index (χ1) is 14.6. The number of carbonyl (C=O) groups excluding carboxylic acids is 1. The first kappa shape index (κ1) is 21.0. The van der Waals surface area contributed by atoms with Crippen molar-refractivity contribution in [1.29, 1.82) is 0 Å². The molecule has 4 rings (SSSR count). The average Bonchev–Trinajstić information content (AvgIpc) is 3.14. The van der Waals surface area contributed by atoms with Crippen LogP contribution >= 0.6 is 0 Å². The summed E-state index contributed by atoms with van der Waals surface area (Å²) in [4.78, 5) is 46.5. The molecular weight excluding hydrogens is 396 g/mol. The minimum atomic E-state index is -1.15. The van der Waals surface area contributed by atoms with Crippen LogP contribution in [-0.2, 0) is 12.6 Å². The summed E-state index contributed by atoms with van der Waals surface area (Å²) in [7, 11) is 1.51. The van der Waals surface area contributed by atoms with Gasteiger partial charge in [0.05, 0.1) is 17.5 Å². The van der Waals surface area contributed by atoms with Gasteiger partial charge in [0.25, 0.3) is 11.5 Å². The Balaban J connectivity index is 1.79. The van der Waals surface area contributed by atoms with E-state index in [0.29, 0.717) is 18.7 Å². The molecular formula is C23H26N4O4. The van der Waals surface area contributed by atoms with Crippen LogP contribution in [0.15, 0.2) is 39.9 Å². The van der Waals surface area contributed by atoms with Crippen LogP contribution in [0.25, 0.3) is 11.0 Å². The maximum absolute atomic E-state index is 13.5. The second-order valence-electron chi connectivity index (χ2n) is 8.64. The predicted molar refractivity (Wildman–Crippen MR) is 117 cm³/mol. The second kappa shape index (κ2) is 7.46. The zero-order valence-corrected chi connectivity index (χ0v) is 18.1. The average molecular weight is 422 g/mol. The van der Waals surface area contributed by atoms with Gasteiger partial charge in [-0.05, 0) is 30.9 Å². The fourth-order valence-electron chi connectivity index (χ4n) is 4.06. The number of nitrogens with zero attached hydrogens (tertiary/aromatic N) is 3. The van der Waals surface area contributed by atoms with Gasteiger partial charge in [0.15, 0.2) is 0 Å². The molecule has 1 saturated heterocycles. The molecule has 0 radical (unpaired) electrons. The summed E-state index contributed by atoms with van der Waals surface area (Å²) in [6, 6.07) is 9.25. The van der Waals surface area contributed by atoms with Crippen LogP contribution in [0.4, 0.5) is 0 Å². The van der Waals surface area contributed by atoms with E-state index in [0.717, 1.165) is 11.1 Å². The van der Waals surface area contributed by atoms with Crippen molar-refractivity contribution < 1.29 is 9.90 Å². The van der Waals surface area contributed by atoms with Crippen molar-refractivity contribution in [2.75, 3.05) is 13.1 Å². The van der Waals surface area contributed by atoms with Gasteiger partial charge in [-0.25, -0.2) is 9.78 Å². The number of aryl methyl sites for hydroxylation is 2. The van der Waals surface area contributed by atoms with Crippen molar-refractivity contribution >= 4 is 16.9 Å². The molecule has 2 aromatic heterocycles. The summed E-state index contributed by atoms with van der Waals surface area (Å²) in [5.41, 5.74) is 0.464. The predicted octanol–water partition coefficient (Wildman–Crippen LogP) is 1.79. The van der Waals surface area contributed by atoms with Crippen LogP contribution in [0.2, 0.25) is 0 Å². The zero-order chi connectivity index (χ0) is 22.5. The lowest BCUT2D eigenvalue weighted by molar-refractivity contribution is 0.0418. The molecule has 0 spiro atoms. The maximum Gasteiger partial charge on any atom is 0.329 e. The van der Waals surface area contributed by atoms with E-state index in [1.165, 1.54) is 11.6 Å². The highest BCUT2D eigenvalue weighted by molar-refractivity contribution is 6.05. The Kier molecular flexibility index (Phi) is 5.05. The molecule has 3 heterocycles. The van der Waals surface area contributed by atoms with E-state index < -0.39 is 16.9 Å². The van der Waals surface area contributed by atoms with E-state index >= 15 is 0 Å². The number of H-pyrrole nitrogens is 1. The van der Waals surface area contributed by atoms with E-state index in [4.69, 9.17) is 0 Å². The van der Waals surface area contributed by atoms with Gasteiger partial charge in [-0.2, -0.15) is 0 Å². The smallest absolute Gasteiger partial charge is 0.329 e. The number of nitrogens with one attached hydrogen (secondary N) is 1. The van der Waals surface area contributed by atoms with Crippen molar-refractivity contribution in [3.8, 4) is 0 Å². The molecule has 1 aliphatic heterocycles. The Morgan fingerprint density at radius 3 is 2.55 bits per heavy atom. The molecule has 8 heteroatoms. The fourth-order valence-corrected chi connectivity index (χ4v) is 4.06. The molecule has 1 fully saturated rings. The molecule has 1 amide bonds. The first-order valence-electron chi connectivity index (χ1n) is 10.3. The van der Waals surface area contributed by atoms with Crippen LogP contribution in [-0.4, -0.2) is 43.5 Å². The van der Waals surface area contributed by atoms with Crippen LogP contribution in [0, 0.1) is 6.92 Å². The van der Waals surface area contributed by atoms with E-state index in [1.807, 2.05) is 45.0 Å². The Morgan fingerprint density at radius 1 is 1.23 bits per heavy atom. The van der Waals surface area contributed by atoms with Gasteiger partial charge in [-0.3, -0.25) is 19.1 Å². The quantitative estimate of drug-likeness (QED) is 0.669. The lowest BCUT2D eigenvalue weighted by Gasteiger charge is -2.24. The SMILES string of the molecule is Cc1ccc(C2(O)CCN(C(=O)c3cc(C(C)C)nc4c3c(=O)[nH]c(=O)n4C)C2)cc1. The largest absolute Gasteiger partial charge is 0.383 e. The molecule has 0 saturated carbocycles. The Bertz CT molecular complexity index is 1290. The third-order valence-electron chi connectivity index (χ3n) is 6.04. The van der Waals surface area contributed by atoms with E-state index in [1.54, 1.807) is 11.0 Å². The summed E-state index contributed by atoms with van der Waals surface area (Å²) in [5, 5.41) is 11.3. The highest BCUT2D eigenvalue weighted by atomic mass is 16.3. The molecule has 31 heavy (non-hydrogen) atoms. The van der Waals surface area contributed by atoms with E-state index in [9.17, 15) is 19.5 Å². The minimum Gasteiger partial charge on any atom is -0.383 e. The number of likely N-dealkylation sites (tertiary alicyclic amines) is 1. The minimum absolute atomic E-state index is 0.00610. The summed E-state index contributed by atoms with van der Waals surface area (Å²) in [6.45, 7) is 6.32. The molecule has 1 unspecified atom stereocenters. The number of fused-ring (bicyclic) bond motifs is 1. The number of rotatable bonds is 3. The number of aliphatic hydroxyl groups is 1. The normalized spacial score (nSPS) is 18.8. The molecule has 0 bridgehead atoms. The Morgan fingerprint density at radius 2 is 1.90 bits per heavy atom. The fraction of sp³-hybridized carbons (Fsp3) is 0.391. The number of hydrogen-bond acceptors (Lipinski definition) is 5. The number of carbonyl (C=O) groups is 1. The lowest BCUT2D eigenvalue weighted by atomic mass is 9.92. The Hall–Kier alpha value is -3.26. The van der Waals surface area contributed by atoms with Gasteiger partial charge < -0.3 is 10.0 Å². The van der Waals surface area contributed by atoms with Gasteiger partial charge in [-0.1, -0.05) is 43.7 Å². The molecule has 162 valence electrons. The van der Waals surface area contributed by atoms with Crippen molar-refractivity contribution in [2.24, 2.45) is 7.05 Å². The standard InChI is InChI=1S/C23H26N4O4/c1-13(2)17-11-16(18-19(24-17)26(4)22(30)25-20(18)28)21(29)27-10-9-23(31,12-27)15-7-5-14(3)6-8-15/h5-8,11,13,31H,9-10,12H2,1-4H3,(H,25,28,30). The zero-order valence-electron chi connectivity index (χ0n) is 18.1. The molecule has 3 aromatic rings. The van der Waals surface area contributed by atoms with Gasteiger partial charge in [0.2, 0.25) is 0 Å². The van der Waals surface area contributed by atoms with Crippen molar-refractivity contribution in [3.63, 3.8) is 0 Å². The highest BCUT2D eigenvalue weighted by Gasteiger charge is 2.40. The third kappa shape index (κ3) is 3.57. The number of benzene rings is 1. The highest BCUT2D eigenvalue weighted by Crippen LogP contribution is 2.33. The molecule has 8 nitrogen and oxygen atoms in total. The summed E-state index contributed by atoms with van der Waals surface area (Å²) in [5.74, 6) is -0.366. The number of aromatic amines is 1.